The van der Waals surface area contributed by atoms with Crippen molar-refractivity contribution in [2.75, 3.05) is 13.1 Å². The number of nitrogens with zero attached hydrogens (tertiary/aromatic N) is 3. The van der Waals surface area contributed by atoms with E-state index in [0.29, 0.717) is 6.54 Å². The second kappa shape index (κ2) is 9.88. The van der Waals surface area contributed by atoms with Crippen molar-refractivity contribution in [1.82, 2.24) is 20.8 Å². The maximum atomic E-state index is 5.44. The standard InChI is InChI=1S/C22H29N5O/c1-4-19-18(20(5-2)28-27-19)15-26-22(23-6-3)25-14-12-17-10-7-9-16-11-8-13-24-21(16)17/h7-11,13H,4-6,12,14-15H2,1-3H3,(H2,23,25,26). The molecule has 6 nitrogen and oxygen atoms in total. The van der Waals surface area contributed by atoms with E-state index in [9.17, 15) is 0 Å². The van der Waals surface area contributed by atoms with E-state index in [4.69, 9.17) is 9.52 Å². The number of hydrogen-bond acceptors (Lipinski definition) is 4. The lowest BCUT2D eigenvalue weighted by Gasteiger charge is -2.12. The fourth-order valence-corrected chi connectivity index (χ4v) is 3.30. The number of hydrogen-bond donors (Lipinski definition) is 2. The summed E-state index contributed by atoms with van der Waals surface area (Å²) in [7, 11) is 0. The molecule has 2 aromatic heterocycles. The number of benzene rings is 1. The zero-order chi connectivity index (χ0) is 19.8. The van der Waals surface area contributed by atoms with Gasteiger partial charge in [0.2, 0.25) is 0 Å². The van der Waals surface area contributed by atoms with Gasteiger partial charge in [0.05, 0.1) is 17.8 Å². The smallest absolute Gasteiger partial charge is 0.191 e. The van der Waals surface area contributed by atoms with Crippen molar-refractivity contribution in [1.29, 1.82) is 0 Å². The van der Waals surface area contributed by atoms with Crippen molar-refractivity contribution in [2.24, 2.45) is 4.99 Å². The van der Waals surface area contributed by atoms with Crippen LogP contribution in [0.25, 0.3) is 10.9 Å². The summed E-state index contributed by atoms with van der Waals surface area (Å²) in [4.78, 5) is 9.28. The lowest BCUT2D eigenvalue weighted by atomic mass is 10.1. The average Bonchev–Trinajstić information content (AvgIpc) is 3.14. The van der Waals surface area contributed by atoms with Gasteiger partial charge in [-0.05, 0) is 31.4 Å². The molecule has 148 valence electrons. The highest BCUT2D eigenvalue weighted by molar-refractivity contribution is 5.82. The highest BCUT2D eigenvalue weighted by Crippen LogP contribution is 2.17. The van der Waals surface area contributed by atoms with Crippen LogP contribution < -0.4 is 10.6 Å². The molecule has 0 bridgehead atoms. The SMILES string of the molecule is CCNC(=NCc1c(CC)noc1CC)NCCc1cccc2cccnc12. The van der Waals surface area contributed by atoms with E-state index >= 15 is 0 Å². The number of aliphatic imine (C=N–C) groups is 1. The second-order valence-electron chi connectivity index (χ2n) is 6.60. The number of pyridine rings is 1. The van der Waals surface area contributed by atoms with Crippen LogP contribution in [0, 0.1) is 0 Å². The molecular formula is C22H29N5O. The van der Waals surface area contributed by atoms with Gasteiger partial charge in [0, 0.05) is 36.7 Å². The van der Waals surface area contributed by atoms with Gasteiger partial charge in [0.15, 0.2) is 5.96 Å². The van der Waals surface area contributed by atoms with Crippen LogP contribution in [0.3, 0.4) is 0 Å². The molecule has 2 heterocycles. The number of rotatable bonds is 8. The van der Waals surface area contributed by atoms with Gasteiger partial charge >= 0.3 is 0 Å². The van der Waals surface area contributed by atoms with Crippen LogP contribution in [0.2, 0.25) is 0 Å². The molecule has 0 saturated heterocycles. The number of nitrogens with one attached hydrogen (secondary N) is 2. The molecule has 0 amide bonds. The largest absolute Gasteiger partial charge is 0.361 e. The molecule has 0 atom stereocenters. The Morgan fingerprint density at radius 2 is 1.93 bits per heavy atom. The van der Waals surface area contributed by atoms with Crippen LogP contribution in [-0.4, -0.2) is 29.2 Å². The Kier molecular flexibility index (Phi) is 7.00. The molecule has 3 aromatic rings. The van der Waals surface area contributed by atoms with Crippen LogP contribution in [0.1, 0.15) is 43.4 Å². The van der Waals surface area contributed by atoms with E-state index in [2.05, 4.69) is 65.8 Å². The van der Waals surface area contributed by atoms with Gasteiger partial charge in [0.25, 0.3) is 0 Å². The van der Waals surface area contributed by atoms with Gasteiger partial charge in [-0.1, -0.05) is 43.3 Å². The first-order valence-electron chi connectivity index (χ1n) is 10.1. The maximum absolute atomic E-state index is 5.44. The number of para-hydroxylation sites is 1. The highest BCUT2D eigenvalue weighted by atomic mass is 16.5. The van der Waals surface area contributed by atoms with Gasteiger partial charge in [-0.2, -0.15) is 0 Å². The summed E-state index contributed by atoms with van der Waals surface area (Å²) in [5.41, 5.74) is 4.42. The number of aryl methyl sites for hydroxylation is 2. The molecule has 2 N–H and O–H groups in total. The zero-order valence-electron chi connectivity index (χ0n) is 17.0. The molecule has 0 radical (unpaired) electrons. The van der Waals surface area contributed by atoms with Gasteiger partial charge in [-0.3, -0.25) is 4.98 Å². The third-order valence-electron chi connectivity index (χ3n) is 4.75. The molecule has 3 rings (SSSR count). The van der Waals surface area contributed by atoms with E-state index in [1.54, 1.807) is 0 Å². The Hall–Kier alpha value is -2.89. The van der Waals surface area contributed by atoms with E-state index in [1.165, 1.54) is 10.9 Å². The van der Waals surface area contributed by atoms with E-state index in [1.807, 2.05) is 12.3 Å². The van der Waals surface area contributed by atoms with Crippen LogP contribution in [0.5, 0.6) is 0 Å². The van der Waals surface area contributed by atoms with Crippen molar-refractivity contribution in [3.63, 3.8) is 0 Å². The quantitative estimate of drug-likeness (QED) is 0.462. The first-order chi connectivity index (χ1) is 13.8. The topological polar surface area (TPSA) is 75.3 Å². The minimum atomic E-state index is 0.570. The molecule has 0 fully saturated rings. The minimum Gasteiger partial charge on any atom is -0.361 e. The molecule has 0 aliphatic rings. The van der Waals surface area contributed by atoms with Gasteiger partial charge < -0.3 is 15.2 Å². The number of aromatic nitrogens is 2. The van der Waals surface area contributed by atoms with Crippen molar-refractivity contribution in [3.8, 4) is 0 Å². The molecule has 0 saturated carbocycles. The summed E-state index contributed by atoms with van der Waals surface area (Å²) in [6, 6.07) is 10.4. The second-order valence-corrected chi connectivity index (χ2v) is 6.60. The summed E-state index contributed by atoms with van der Waals surface area (Å²) in [6.45, 7) is 8.40. The Balaban J connectivity index is 1.66. The van der Waals surface area contributed by atoms with Crippen LogP contribution in [-0.2, 0) is 25.8 Å². The molecule has 0 aliphatic carbocycles. The molecule has 0 unspecified atom stereocenters. The summed E-state index contributed by atoms with van der Waals surface area (Å²) in [6.07, 6.45) is 4.41. The molecule has 1 aromatic carbocycles. The third kappa shape index (κ3) is 4.68. The Bertz CT molecular complexity index is 905. The predicted molar refractivity (Wildman–Crippen MR) is 114 cm³/mol. The van der Waals surface area contributed by atoms with Gasteiger partial charge in [-0.25, -0.2) is 4.99 Å². The first-order valence-corrected chi connectivity index (χ1v) is 10.1. The Labute approximate surface area is 166 Å². The lowest BCUT2D eigenvalue weighted by Crippen LogP contribution is -2.38. The van der Waals surface area contributed by atoms with Crippen molar-refractivity contribution in [3.05, 3.63) is 59.1 Å². The van der Waals surface area contributed by atoms with E-state index < -0.39 is 0 Å². The van der Waals surface area contributed by atoms with Gasteiger partial charge in [-0.15, -0.1) is 0 Å². The Morgan fingerprint density at radius 3 is 2.71 bits per heavy atom. The van der Waals surface area contributed by atoms with E-state index in [0.717, 1.165) is 60.8 Å². The van der Waals surface area contributed by atoms with Crippen molar-refractivity contribution < 1.29 is 4.52 Å². The average molecular weight is 380 g/mol. The summed E-state index contributed by atoms with van der Waals surface area (Å²) < 4.78 is 5.44. The monoisotopic (exact) mass is 379 g/mol. The molecule has 28 heavy (non-hydrogen) atoms. The molecule has 0 aliphatic heterocycles. The maximum Gasteiger partial charge on any atom is 0.191 e. The summed E-state index contributed by atoms with van der Waals surface area (Å²) in [5, 5.41) is 12.1. The van der Waals surface area contributed by atoms with Crippen LogP contribution in [0.4, 0.5) is 0 Å². The van der Waals surface area contributed by atoms with Crippen LogP contribution >= 0.6 is 0 Å². The lowest BCUT2D eigenvalue weighted by molar-refractivity contribution is 0.380. The summed E-state index contributed by atoms with van der Waals surface area (Å²) in [5.74, 6) is 1.74. The molecule has 6 heteroatoms. The van der Waals surface area contributed by atoms with Crippen molar-refractivity contribution in [2.45, 2.75) is 46.6 Å². The fourth-order valence-electron chi connectivity index (χ4n) is 3.30. The first kappa shape index (κ1) is 19.9. The van der Waals surface area contributed by atoms with Gasteiger partial charge in [0.1, 0.15) is 5.76 Å². The van der Waals surface area contributed by atoms with Crippen LogP contribution in [0.15, 0.2) is 46.0 Å². The molecular weight excluding hydrogens is 350 g/mol. The predicted octanol–water partition coefficient (Wildman–Crippen LogP) is 3.65. The van der Waals surface area contributed by atoms with Crippen molar-refractivity contribution >= 4 is 16.9 Å². The summed E-state index contributed by atoms with van der Waals surface area (Å²) >= 11 is 0. The minimum absolute atomic E-state index is 0.570. The van der Waals surface area contributed by atoms with E-state index in [-0.39, 0.29) is 0 Å². The number of guanidine groups is 1. The third-order valence-corrected chi connectivity index (χ3v) is 4.75. The normalized spacial score (nSPS) is 11.8. The fraction of sp³-hybridized carbons (Fsp3) is 0.409. The molecule has 0 spiro atoms. The Morgan fingerprint density at radius 1 is 1.07 bits per heavy atom. The zero-order valence-corrected chi connectivity index (χ0v) is 17.0. The number of fused-ring (bicyclic) bond motifs is 1. The highest BCUT2D eigenvalue weighted by Gasteiger charge is 2.13.